The lowest BCUT2D eigenvalue weighted by Gasteiger charge is -2.26. The van der Waals surface area contributed by atoms with Gasteiger partial charge in [0.15, 0.2) is 11.5 Å². The van der Waals surface area contributed by atoms with Crippen molar-refractivity contribution in [2.24, 2.45) is 11.8 Å². The van der Waals surface area contributed by atoms with Crippen LogP contribution >= 0.6 is 0 Å². The van der Waals surface area contributed by atoms with E-state index in [1.165, 1.54) is 43.9 Å². The Kier molecular flexibility index (Phi) is 4.30. The number of phenolic OH excluding ortho intramolecular Hbond substituents is 2. The maximum atomic E-state index is 11.9. The van der Waals surface area contributed by atoms with Crippen LogP contribution in [0.15, 0.2) is 18.2 Å². The first-order chi connectivity index (χ1) is 9.06. The molecule has 19 heavy (non-hydrogen) atoms. The Morgan fingerprint density at radius 2 is 2.11 bits per heavy atom. The van der Waals surface area contributed by atoms with Crippen molar-refractivity contribution < 1.29 is 15.0 Å². The quantitative estimate of drug-likeness (QED) is 0.734. The molecule has 1 aliphatic rings. The van der Waals surface area contributed by atoms with Gasteiger partial charge in [0.1, 0.15) is 0 Å². The van der Waals surface area contributed by atoms with E-state index in [1.54, 1.807) is 0 Å². The van der Waals surface area contributed by atoms with Crippen LogP contribution in [-0.2, 0) is 0 Å². The third-order valence-corrected chi connectivity index (χ3v) is 3.83. The van der Waals surface area contributed by atoms with Gasteiger partial charge in [0, 0.05) is 12.1 Å². The molecular weight excluding hydrogens is 242 g/mol. The summed E-state index contributed by atoms with van der Waals surface area (Å²) >= 11 is 0. The molecular formula is C15H21NO3. The molecule has 2 unspecified atom stereocenters. The first kappa shape index (κ1) is 13.7. The molecule has 104 valence electrons. The molecule has 1 amide bonds. The fraction of sp³-hybridized carbons (Fsp3) is 0.533. The Labute approximate surface area is 113 Å². The van der Waals surface area contributed by atoms with Gasteiger partial charge in [-0.3, -0.25) is 4.79 Å². The van der Waals surface area contributed by atoms with Crippen LogP contribution in [0.4, 0.5) is 0 Å². The molecule has 1 aliphatic carbocycles. The zero-order valence-electron chi connectivity index (χ0n) is 11.2. The molecule has 0 spiro atoms. The van der Waals surface area contributed by atoms with E-state index in [2.05, 4.69) is 12.2 Å². The second-order valence-electron chi connectivity index (χ2n) is 5.55. The number of carbonyl (C=O) groups excluding carboxylic acids is 1. The fourth-order valence-corrected chi connectivity index (χ4v) is 2.75. The molecule has 4 heteroatoms. The predicted octanol–water partition coefficient (Wildman–Crippen LogP) is 2.65. The standard InChI is InChI=1S/C15H21NO3/c1-10-3-2-4-11(7-10)9-16-15(19)12-5-6-13(17)14(18)8-12/h5-6,8,10-11,17-18H,2-4,7,9H2,1H3,(H,16,19). The van der Waals surface area contributed by atoms with E-state index in [4.69, 9.17) is 0 Å². The van der Waals surface area contributed by atoms with Crippen molar-refractivity contribution in [1.29, 1.82) is 0 Å². The summed E-state index contributed by atoms with van der Waals surface area (Å²) < 4.78 is 0. The van der Waals surface area contributed by atoms with Gasteiger partial charge in [-0.25, -0.2) is 0 Å². The number of hydrogen-bond donors (Lipinski definition) is 3. The third kappa shape index (κ3) is 3.63. The molecule has 0 aliphatic heterocycles. The molecule has 0 heterocycles. The number of rotatable bonds is 3. The second-order valence-corrected chi connectivity index (χ2v) is 5.55. The predicted molar refractivity (Wildman–Crippen MR) is 73.2 cm³/mol. The Hall–Kier alpha value is -1.71. The van der Waals surface area contributed by atoms with E-state index in [9.17, 15) is 15.0 Å². The van der Waals surface area contributed by atoms with Crippen LogP contribution in [0.25, 0.3) is 0 Å². The molecule has 0 bridgehead atoms. The van der Waals surface area contributed by atoms with E-state index in [-0.39, 0.29) is 17.4 Å². The lowest BCUT2D eigenvalue weighted by molar-refractivity contribution is 0.0940. The lowest BCUT2D eigenvalue weighted by atomic mass is 9.82. The summed E-state index contributed by atoms with van der Waals surface area (Å²) in [5, 5.41) is 21.5. The Morgan fingerprint density at radius 3 is 2.79 bits per heavy atom. The Bertz CT molecular complexity index is 459. The topological polar surface area (TPSA) is 69.6 Å². The van der Waals surface area contributed by atoms with Crippen LogP contribution in [0.3, 0.4) is 0 Å². The monoisotopic (exact) mass is 263 g/mol. The highest BCUT2D eigenvalue weighted by atomic mass is 16.3. The highest BCUT2D eigenvalue weighted by molar-refractivity contribution is 5.94. The molecule has 1 saturated carbocycles. The summed E-state index contributed by atoms with van der Waals surface area (Å²) in [6.07, 6.45) is 4.87. The molecule has 1 aromatic rings. The van der Waals surface area contributed by atoms with Crippen LogP contribution in [0.1, 0.15) is 43.0 Å². The first-order valence-electron chi connectivity index (χ1n) is 6.86. The molecule has 0 saturated heterocycles. The van der Waals surface area contributed by atoms with Crippen molar-refractivity contribution in [3.05, 3.63) is 23.8 Å². The lowest BCUT2D eigenvalue weighted by Crippen LogP contribution is -2.31. The van der Waals surface area contributed by atoms with Gasteiger partial charge in [-0.1, -0.05) is 19.8 Å². The van der Waals surface area contributed by atoms with Crippen LogP contribution in [0, 0.1) is 11.8 Å². The number of amides is 1. The van der Waals surface area contributed by atoms with Gasteiger partial charge < -0.3 is 15.5 Å². The highest BCUT2D eigenvalue weighted by Gasteiger charge is 2.19. The van der Waals surface area contributed by atoms with Gasteiger partial charge in [-0.15, -0.1) is 0 Å². The molecule has 1 aromatic carbocycles. The normalized spacial score (nSPS) is 23.0. The Balaban J connectivity index is 1.88. The maximum Gasteiger partial charge on any atom is 0.251 e. The minimum atomic E-state index is -0.265. The molecule has 3 N–H and O–H groups in total. The minimum absolute atomic E-state index is 0.200. The van der Waals surface area contributed by atoms with Gasteiger partial charge in [-0.2, -0.15) is 0 Å². The molecule has 2 rings (SSSR count). The van der Waals surface area contributed by atoms with E-state index in [0.29, 0.717) is 18.0 Å². The summed E-state index contributed by atoms with van der Waals surface area (Å²) in [6, 6.07) is 4.12. The summed E-state index contributed by atoms with van der Waals surface area (Å²) in [5.74, 6) is 0.622. The summed E-state index contributed by atoms with van der Waals surface area (Å²) in [4.78, 5) is 11.9. The summed E-state index contributed by atoms with van der Waals surface area (Å²) in [7, 11) is 0. The smallest absolute Gasteiger partial charge is 0.251 e. The maximum absolute atomic E-state index is 11.9. The fourth-order valence-electron chi connectivity index (χ4n) is 2.75. The van der Waals surface area contributed by atoms with Crippen LogP contribution in [-0.4, -0.2) is 22.7 Å². The van der Waals surface area contributed by atoms with Gasteiger partial charge in [-0.05, 0) is 42.9 Å². The number of benzene rings is 1. The number of carbonyl (C=O) groups is 1. The van der Waals surface area contributed by atoms with E-state index < -0.39 is 0 Å². The highest BCUT2D eigenvalue weighted by Crippen LogP contribution is 2.28. The van der Waals surface area contributed by atoms with Crippen molar-refractivity contribution in [3.63, 3.8) is 0 Å². The second kappa shape index (κ2) is 5.95. The van der Waals surface area contributed by atoms with Gasteiger partial charge in [0.25, 0.3) is 5.91 Å². The number of phenols is 2. The van der Waals surface area contributed by atoms with E-state index >= 15 is 0 Å². The van der Waals surface area contributed by atoms with Crippen molar-refractivity contribution >= 4 is 5.91 Å². The summed E-state index contributed by atoms with van der Waals surface area (Å²) in [6.45, 7) is 2.94. The number of aromatic hydroxyl groups is 2. The van der Waals surface area contributed by atoms with E-state index in [1.807, 2.05) is 0 Å². The van der Waals surface area contributed by atoms with Gasteiger partial charge >= 0.3 is 0 Å². The zero-order valence-corrected chi connectivity index (χ0v) is 11.2. The van der Waals surface area contributed by atoms with Crippen LogP contribution in [0.5, 0.6) is 11.5 Å². The molecule has 0 radical (unpaired) electrons. The SMILES string of the molecule is CC1CCCC(CNC(=O)c2ccc(O)c(O)c2)C1. The van der Waals surface area contributed by atoms with Crippen molar-refractivity contribution in [2.45, 2.75) is 32.6 Å². The average molecular weight is 263 g/mol. The van der Waals surface area contributed by atoms with E-state index in [0.717, 1.165) is 5.92 Å². The molecule has 4 nitrogen and oxygen atoms in total. The molecule has 2 atom stereocenters. The number of hydrogen-bond acceptors (Lipinski definition) is 3. The average Bonchev–Trinajstić information content (AvgIpc) is 2.39. The van der Waals surface area contributed by atoms with Crippen LogP contribution < -0.4 is 5.32 Å². The summed E-state index contributed by atoms with van der Waals surface area (Å²) in [5.41, 5.74) is 0.374. The molecule has 0 aromatic heterocycles. The van der Waals surface area contributed by atoms with Gasteiger partial charge in [0.05, 0.1) is 0 Å². The molecule has 1 fully saturated rings. The number of nitrogens with one attached hydrogen (secondary N) is 1. The van der Waals surface area contributed by atoms with Crippen LogP contribution in [0.2, 0.25) is 0 Å². The Morgan fingerprint density at radius 1 is 1.32 bits per heavy atom. The zero-order chi connectivity index (χ0) is 13.8. The first-order valence-corrected chi connectivity index (χ1v) is 6.86. The minimum Gasteiger partial charge on any atom is -0.504 e. The largest absolute Gasteiger partial charge is 0.504 e. The van der Waals surface area contributed by atoms with Crippen molar-refractivity contribution in [2.75, 3.05) is 6.54 Å². The third-order valence-electron chi connectivity index (χ3n) is 3.83. The van der Waals surface area contributed by atoms with Gasteiger partial charge in [0.2, 0.25) is 0 Å². The van der Waals surface area contributed by atoms with Crippen molar-refractivity contribution in [1.82, 2.24) is 5.32 Å². The van der Waals surface area contributed by atoms with Crippen molar-refractivity contribution in [3.8, 4) is 11.5 Å².